The molecule has 0 aliphatic rings. The quantitative estimate of drug-likeness (QED) is 0.723. The third kappa shape index (κ3) is 3.99. The van der Waals surface area contributed by atoms with Gasteiger partial charge >= 0.3 is 0 Å². The van der Waals surface area contributed by atoms with Crippen molar-refractivity contribution >= 4 is 11.1 Å². The molecule has 1 rings (SSSR count). The first-order chi connectivity index (χ1) is 7.52. The Labute approximate surface area is 96.9 Å². The number of aryl methyl sites for hydroxylation is 1. The summed E-state index contributed by atoms with van der Waals surface area (Å²) in [6, 6.07) is -0.369. The van der Waals surface area contributed by atoms with Crippen molar-refractivity contribution in [2.24, 2.45) is 11.7 Å². The Bertz CT molecular complexity index is 356. The molecule has 0 fully saturated rings. The Hall–Kier alpha value is -0.790. The van der Waals surface area contributed by atoms with Gasteiger partial charge < -0.3 is 14.7 Å². The zero-order chi connectivity index (χ0) is 12.1. The second-order valence-corrected chi connectivity index (χ2v) is 4.80. The summed E-state index contributed by atoms with van der Waals surface area (Å²) in [5.41, 5.74) is 5.86. The Balaban J connectivity index is 2.51. The molecule has 0 aromatic carbocycles. The molecule has 1 aromatic heterocycles. The van der Waals surface area contributed by atoms with E-state index in [1.165, 1.54) is 0 Å². The van der Waals surface area contributed by atoms with E-state index >= 15 is 0 Å². The smallest absolute Gasteiger partial charge is 0.233 e. The van der Waals surface area contributed by atoms with Gasteiger partial charge in [-0.15, -0.1) is 10.2 Å². The number of aromatic nitrogens is 2. The van der Waals surface area contributed by atoms with Crippen molar-refractivity contribution in [2.75, 3.05) is 5.75 Å². The number of hydrogen-bond donors (Lipinski definition) is 2. The van der Waals surface area contributed by atoms with Crippen LogP contribution in [0.4, 0.5) is 0 Å². The molecule has 0 amide bonds. The third-order valence-electron chi connectivity index (χ3n) is 2.19. The molecule has 0 saturated carbocycles. The van der Waals surface area contributed by atoms with Crippen LogP contribution in [0.5, 0.6) is 0 Å². The molecule has 0 aliphatic carbocycles. The lowest BCUT2D eigenvalue weighted by molar-refractivity contribution is 0.385. The summed E-state index contributed by atoms with van der Waals surface area (Å²) < 4.78 is 24.6. The van der Waals surface area contributed by atoms with Gasteiger partial charge in [-0.1, -0.05) is 13.8 Å². The molecular weight excluding hydrogens is 230 g/mol. The van der Waals surface area contributed by atoms with Crippen molar-refractivity contribution < 1.29 is 13.2 Å². The van der Waals surface area contributed by atoms with Crippen LogP contribution in [0.2, 0.25) is 0 Å². The van der Waals surface area contributed by atoms with Gasteiger partial charge in [0.15, 0.2) is 11.1 Å². The highest BCUT2D eigenvalue weighted by atomic mass is 32.2. The molecule has 3 N–H and O–H groups in total. The van der Waals surface area contributed by atoms with Gasteiger partial charge in [0.25, 0.3) is 0 Å². The summed E-state index contributed by atoms with van der Waals surface area (Å²) in [5.74, 6) is 1.21. The normalized spacial score (nSPS) is 17.0. The average Bonchev–Trinajstić information content (AvgIpc) is 2.64. The minimum Gasteiger partial charge on any atom is -0.424 e. The van der Waals surface area contributed by atoms with Gasteiger partial charge in [-0.05, 0) is 12.3 Å². The maximum Gasteiger partial charge on any atom is 0.233 e. The van der Waals surface area contributed by atoms with Crippen LogP contribution >= 0.6 is 0 Å². The van der Waals surface area contributed by atoms with Gasteiger partial charge in [0.05, 0.1) is 11.8 Å². The first-order valence-corrected chi connectivity index (χ1v) is 6.45. The molecule has 1 aromatic rings. The van der Waals surface area contributed by atoms with Crippen molar-refractivity contribution in [3.8, 4) is 0 Å². The molecule has 0 bridgehead atoms. The van der Waals surface area contributed by atoms with Crippen LogP contribution in [-0.2, 0) is 17.5 Å². The molecule has 6 nitrogen and oxygen atoms in total. The van der Waals surface area contributed by atoms with E-state index in [4.69, 9.17) is 14.7 Å². The first kappa shape index (κ1) is 13.3. The average molecular weight is 247 g/mol. The van der Waals surface area contributed by atoms with E-state index in [0.717, 1.165) is 0 Å². The first-order valence-electron chi connectivity index (χ1n) is 5.18. The molecule has 0 radical (unpaired) electrons. The Morgan fingerprint density at radius 2 is 2.25 bits per heavy atom. The fraction of sp³-hybridized carbons (Fsp3) is 0.778. The predicted molar refractivity (Wildman–Crippen MR) is 60.0 cm³/mol. The van der Waals surface area contributed by atoms with Crippen molar-refractivity contribution in [3.05, 3.63) is 11.8 Å². The largest absolute Gasteiger partial charge is 0.424 e. The maximum absolute atomic E-state index is 10.6. The highest BCUT2D eigenvalue weighted by Crippen LogP contribution is 2.18. The molecule has 16 heavy (non-hydrogen) atoms. The fourth-order valence-corrected chi connectivity index (χ4v) is 2.03. The third-order valence-corrected chi connectivity index (χ3v) is 3.04. The van der Waals surface area contributed by atoms with Gasteiger partial charge in [-0.25, -0.2) is 4.21 Å². The summed E-state index contributed by atoms with van der Waals surface area (Å²) in [7, 11) is 0. The van der Waals surface area contributed by atoms with E-state index in [1.807, 2.05) is 13.8 Å². The van der Waals surface area contributed by atoms with Crippen LogP contribution in [0.3, 0.4) is 0 Å². The SMILES string of the molecule is CCc1nnc(C(N)CC(C)CS(=O)O)o1. The van der Waals surface area contributed by atoms with Gasteiger partial charge in [0, 0.05) is 6.42 Å². The number of nitrogens with two attached hydrogens (primary N) is 1. The molecule has 0 aliphatic heterocycles. The minimum absolute atomic E-state index is 0.0396. The van der Waals surface area contributed by atoms with E-state index in [0.29, 0.717) is 24.6 Å². The van der Waals surface area contributed by atoms with Crippen molar-refractivity contribution in [1.29, 1.82) is 0 Å². The van der Waals surface area contributed by atoms with Crippen LogP contribution in [-0.4, -0.2) is 24.7 Å². The number of hydrogen-bond acceptors (Lipinski definition) is 5. The Kier molecular flexibility index (Phi) is 5.04. The monoisotopic (exact) mass is 247 g/mol. The lowest BCUT2D eigenvalue weighted by atomic mass is 10.0. The van der Waals surface area contributed by atoms with Crippen LogP contribution < -0.4 is 5.73 Å². The van der Waals surface area contributed by atoms with E-state index < -0.39 is 11.1 Å². The number of nitrogens with zero attached hydrogens (tertiary/aromatic N) is 2. The molecule has 7 heteroatoms. The van der Waals surface area contributed by atoms with Crippen molar-refractivity contribution in [3.63, 3.8) is 0 Å². The lowest BCUT2D eigenvalue weighted by Crippen LogP contribution is -2.17. The molecule has 92 valence electrons. The second kappa shape index (κ2) is 6.07. The Morgan fingerprint density at radius 1 is 1.56 bits per heavy atom. The molecule has 3 unspecified atom stereocenters. The molecule has 0 spiro atoms. The van der Waals surface area contributed by atoms with Crippen LogP contribution in [0, 0.1) is 5.92 Å². The highest BCUT2D eigenvalue weighted by Gasteiger charge is 2.18. The second-order valence-electron chi connectivity index (χ2n) is 3.82. The maximum atomic E-state index is 10.6. The summed E-state index contributed by atoms with van der Waals surface area (Å²) >= 11 is -1.79. The molecule has 3 atom stereocenters. The minimum atomic E-state index is -1.79. The molecule has 1 heterocycles. The fourth-order valence-electron chi connectivity index (χ4n) is 1.41. The van der Waals surface area contributed by atoms with Gasteiger partial charge in [0.2, 0.25) is 11.8 Å². The summed E-state index contributed by atoms with van der Waals surface area (Å²) in [6.45, 7) is 3.78. The zero-order valence-corrected chi connectivity index (χ0v) is 10.2. The summed E-state index contributed by atoms with van der Waals surface area (Å²) in [4.78, 5) is 0. The topological polar surface area (TPSA) is 102 Å². The predicted octanol–water partition coefficient (Wildman–Crippen LogP) is 0.880. The van der Waals surface area contributed by atoms with Crippen LogP contribution in [0.1, 0.15) is 38.1 Å². The van der Waals surface area contributed by atoms with Gasteiger partial charge in [-0.3, -0.25) is 0 Å². The number of rotatable bonds is 6. The summed E-state index contributed by atoms with van der Waals surface area (Å²) in [6.07, 6.45) is 1.23. The van der Waals surface area contributed by atoms with Crippen molar-refractivity contribution in [1.82, 2.24) is 10.2 Å². The zero-order valence-electron chi connectivity index (χ0n) is 9.42. The Morgan fingerprint density at radius 3 is 2.75 bits per heavy atom. The highest BCUT2D eigenvalue weighted by molar-refractivity contribution is 7.79. The lowest BCUT2D eigenvalue weighted by Gasteiger charge is -2.12. The van der Waals surface area contributed by atoms with E-state index in [2.05, 4.69) is 10.2 Å². The van der Waals surface area contributed by atoms with E-state index in [1.54, 1.807) is 0 Å². The van der Waals surface area contributed by atoms with Crippen molar-refractivity contribution in [2.45, 2.75) is 32.7 Å². The summed E-state index contributed by atoms with van der Waals surface area (Å²) in [5, 5.41) is 7.66. The van der Waals surface area contributed by atoms with E-state index in [9.17, 15) is 4.21 Å². The standard InChI is InChI=1S/C9H17N3O3S/c1-3-8-11-12-9(15-8)7(10)4-6(2)5-16(13)14/h6-7H,3-5,10H2,1-2H3,(H,13,14). The van der Waals surface area contributed by atoms with Gasteiger partial charge in [0.1, 0.15) is 0 Å². The van der Waals surface area contributed by atoms with E-state index in [-0.39, 0.29) is 17.7 Å². The molecular formula is C9H17N3O3S. The van der Waals surface area contributed by atoms with Crippen LogP contribution in [0.15, 0.2) is 4.42 Å². The van der Waals surface area contributed by atoms with Crippen LogP contribution in [0.25, 0.3) is 0 Å². The molecule has 0 saturated heterocycles. The van der Waals surface area contributed by atoms with Gasteiger partial charge in [-0.2, -0.15) is 0 Å².